The lowest BCUT2D eigenvalue weighted by molar-refractivity contribution is -0.110. The highest BCUT2D eigenvalue weighted by Crippen LogP contribution is 2.22. The van der Waals surface area contributed by atoms with Gasteiger partial charge in [-0.05, 0) is 24.3 Å². The molecule has 0 spiro atoms. The molecule has 1 aromatic carbocycles. The lowest BCUT2D eigenvalue weighted by Gasteiger charge is -2.04. The average Bonchev–Trinajstić information content (AvgIpc) is 2.26. The molecule has 0 aliphatic carbocycles. The molecule has 0 fully saturated rings. The van der Waals surface area contributed by atoms with Gasteiger partial charge in [0.05, 0.1) is 7.11 Å². The Kier molecular flexibility index (Phi) is 4.53. The van der Waals surface area contributed by atoms with Crippen LogP contribution in [-0.4, -0.2) is 19.1 Å². The number of benzene rings is 1. The minimum Gasteiger partial charge on any atom is -0.497 e. The van der Waals surface area contributed by atoms with Crippen LogP contribution in [0.1, 0.15) is 6.92 Å². The van der Waals surface area contributed by atoms with Gasteiger partial charge in [0.2, 0.25) is 0 Å². The maximum absolute atomic E-state index is 10.4. The molecule has 3 heteroatoms. The van der Waals surface area contributed by atoms with E-state index < -0.39 is 0 Å². The highest BCUT2D eigenvalue weighted by Gasteiger charge is 2.01. The first-order valence-corrected chi connectivity index (χ1v) is 5.47. The van der Waals surface area contributed by atoms with E-state index in [0.717, 1.165) is 17.8 Å². The zero-order chi connectivity index (χ0) is 10.4. The number of hydrogen-bond acceptors (Lipinski definition) is 3. The molecule has 0 saturated heterocycles. The predicted molar refractivity (Wildman–Crippen MR) is 58.9 cm³/mol. The van der Waals surface area contributed by atoms with Crippen LogP contribution in [0, 0.1) is 5.92 Å². The molecular formula is C11H14O2S. The largest absolute Gasteiger partial charge is 0.497 e. The van der Waals surface area contributed by atoms with Crippen molar-refractivity contribution in [2.45, 2.75) is 11.8 Å². The third-order valence-corrected chi connectivity index (χ3v) is 3.10. The lowest BCUT2D eigenvalue weighted by atomic mass is 10.3. The summed E-state index contributed by atoms with van der Waals surface area (Å²) in [6.07, 6.45) is 0.983. The number of carbonyl (C=O) groups excluding carboxylic acids is 1. The molecule has 0 aliphatic heterocycles. The zero-order valence-corrected chi connectivity index (χ0v) is 9.21. The molecular weight excluding hydrogens is 196 g/mol. The SMILES string of the molecule is COc1ccc(SCC(C)C=O)cc1. The molecule has 0 heterocycles. The van der Waals surface area contributed by atoms with E-state index in [0.29, 0.717) is 0 Å². The fourth-order valence-electron chi connectivity index (χ4n) is 0.939. The number of methoxy groups -OCH3 is 1. The minimum atomic E-state index is 0.113. The number of carbonyl (C=O) groups is 1. The van der Waals surface area contributed by atoms with E-state index in [1.54, 1.807) is 18.9 Å². The topological polar surface area (TPSA) is 26.3 Å². The summed E-state index contributed by atoms with van der Waals surface area (Å²) >= 11 is 1.69. The highest BCUT2D eigenvalue weighted by molar-refractivity contribution is 7.99. The van der Waals surface area contributed by atoms with Crippen molar-refractivity contribution in [3.63, 3.8) is 0 Å². The normalized spacial score (nSPS) is 12.1. The Morgan fingerprint density at radius 3 is 2.57 bits per heavy atom. The van der Waals surface area contributed by atoms with E-state index >= 15 is 0 Å². The molecule has 76 valence electrons. The van der Waals surface area contributed by atoms with E-state index in [1.165, 1.54) is 4.90 Å². The zero-order valence-electron chi connectivity index (χ0n) is 8.40. The fraction of sp³-hybridized carbons (Fsp3) is 0.364. The fourth-order valence-corrected chi connectivity index (χ4v) is 1.80. The number of ether oxygens (including phenoxy) is 1. The number of rotatable bonds is 5. The smallest absolute Gasteiger partial charge is 0.123 e. The maximum atomic E-state index is 10.4. The van der Waals surface area contributed by atoms with Crippen molar-refractivity contribution in [2.75, 3.05) is 12.9 Å². The van der Waals surface area contributed by atoms with Crippen LogP contribution < -0.4 is 4.74 Å². The molecule has 0 saturated carbocycles. The maximum Gasteiger partial charge on any atom is 0.123 e. The average molecular weight is 210 g/mol. The van der Waals surface area contributed by atoms with E-state index in [1.807, 2.05) is 31.2 Å². The van der Waals surface area contributed by atoms with E-state index in [4.69, 9.17) is 4.74 Å². The first kappa shape index (κ1) is 11.1. The monoisotopic (exact) mass is 210 g/mol. The molecule has 0 N–H and O–H groups in total. The van der Waals surface area contributed by atoms with Gasteiger partial charge in [-0.2, -0.15) is 0 Å². The van der Waals surface area contributed by atoms with Crippen LogP contribution in [0.2, 0.25) is 0 Å². The summed E-state index contributed by atoms with van der Waals surface area (Å²) in [6, 6.07) is 7.85. The minimum absolute atomic E-state index is 0.113. The standard InChI is InChI=1S/C11H14O2S/c1-9(7-12)8-14-11-5-3-10(13-2)4-6-11/h3-7,9H,8H2,1-2H3. The Hall–Kier alpha value is -0.960. The van der Waals surface area contributed by atoms with Gasteiger partial charge in [-0.3, -0.25) is 0 Å². The summed E-state index contributed by atoms with van der Waals surface area (Å²) < 4.78 is 5.05. The van der Waals surface area contributed by atoms with Gasteiger partial charge >= 0.3 is 0 Å². The van der Waals surface area contributed by atoms with Crippen LogP contribution in [0.3, 0.4) is 0 Å². The summed E-state index contributed by atoms with van der Waals surface area (Å²) in [7, 11) is 1.65. The van der Waals surface area contributed by atoms with Crippen LogP contribution >= 0.6 is 11.8 Å². The van der Waals surface area contributed by atoms with Gasteiger partial charge in [0.25, 0.3) is 0 Å². The molecule has 0 amide bonds. The predicted octanol–water partition coefficient (Wildman–Crippen LogP) is 2.62. The van der Waals surface area contributed by atoms with Gasteiger partial charge in [-0.15, -0.1) is 11.8 Å². The van der Waals surface area contributed by atoms with Crippen molar-refractivity contribution >= 4 is 18.0 Å². The first-order valence-electron chi connectivity index (χ1n) is 4.48. The van der Waals surface area contributed by atoms with Crippen LogP contribution in [0.15, 0.2) is 29.2 Å². The Morgan fingerprint density at radius 2 is 2.07 bits per heavy atom. The summed E-state index contributed by atoms with van der Waals surface area (Å²) in [5.41, 5.74) is 0. The van der Waals surface area contributed by atoms with Crippen molar-refractivity contribution < 1.29 is 9.53 Å². The lowest BCUT2D eigenvalue weighted by Crippen LogP contribution is -1.98. The summed E-state index contributed by atoms with van der Waals surface area (Å²) in [5, 5.41) is 0. The molecule has 14 heavy (non-hydrogen) atoms. The van der Waals surface area contributed by atoms with E-state index in [9.17, 15) is 4.79 Å². The number of aldehydes is 1. The number of hydrogen-bond donors (Lipinski definition) is 0. The van der Waals surface area contributed by atoms with Crippen molar-refractivity contribution in [3.8, 4) is 5.75 Å². The summed E-state index contributed by atoms with van der Waals surface area (Å²) in [4.78, 5) is 11.6. The summed E-state index contributed by atoms with van der Waals surface area (Å²) in [6.45, 7) is 1.92. The Morgan fingerprint density at radius 1 is 1.43 bits per heavy atom. The van der Waals surface area contributed by atoms with Gasteiger partial charge in [-0.25, -0.2) is 0 Å². The molecule has 1 aromatic rings. The third kappa shape index (κ3) is 3.42. The van der Waals surface area contributed by atoms with Gasteiger partial charge in [0.1, 0.15) is 12.0 Å². The quantitative estimate of drug-likeness (QED) is 0.552. The van der Waals surface area contributed by atoms with E-state index in [2.05, 4.69) is 0 Å². The first-order chi connectivity index (χ1) is 6.76. The van der Waals surface area contributed by atoms with Crippen LogP contribution in [-0.2, 0) is 4.79 Å². The summed E-state index contributed by atoms with van der Waals surface area (Å²) in [5.74, 6) is 1.80. The Bertz CT molecular complexity index is 282. The molecule has 0 aromatic heterocycles. The van der Waals surface area contributed by atoms with Crippen LogP contribution in [0.4, 0.5) is 0 Å². The van der Waals surface area contributed by atoms with Gasteiger partial charge < -0.3 is 9.53 Å². The second kappa shape index (κ2) is 5.70. The van der Waals surface area contributed by atoms with Crippen molar-refractivity contribution in [1.82, 2.24) is 0 Å². The van der Waals surface area contributed by atoms with Crippen LogP contribution in [0.25, 0.3) is 0 Å². The molecule has 0 aliphatic rings. The molecule has 1 rings (SSSR count). The molecule has 0 bridgehead atoms. The van der Waals surface area contributed by atoms with Crippen molar-refractivity contribution in [3.05, 3.63) is 24.3 Å². The third-order valence-electron chi connectivity index (χ3n) is 1.80. The van der Waals surface area contributed by atoms with E-state index in [-0.39, 0.29) is 5.92 Å². The Labute approximate surface area is 88.7 Å². The Balaban J connectivity index is 2.47. The second-order valence-corrected chi connectivity index (χ2v) is 4.19. The molecule has 1 atom stereocenters. The second-order valence-electron chi connectivity index (χ2n) is 3.10. The highest BCUT2D eigenvalue weighted by atomic mass is 32.2. The molecule has 1 unspecified atom stereocenters. The van der Waals surface area contributed by atoms with Crippen molar-refractivity contribution in [1.29, 1.82) is 0 Å². The van der Waals surface area contributed by atoms with Crippen LogP contribution in [0.5, 0.6) is 5.75 Å². The molecule has 0 radical (unpaired) electrons. The van der Waals surface area contributed by atoms with Crippen molar-refractivity contribution in [2.24, 2.45) is 5.92 Å². The molecule has 2 nitrogen and oxygen atoms in total. The number of thioether (sulfide) groups is 1. The van der Waals surface area contributed by atoms with Gasteiger partial charge in [0.15, 0.2) is 0 Å². The van der Waals surface area contributed by atoms with Gasteiger partial charge in [-0.1, -0.05) is 6.92 Å². The van der Waals surface area contributed by atoms with Gasteiger partial charge in [0, 0.05) is 16.6 Å².